The van der Waals surface area contributed by atoms with Gasteiger partial charge in [0.2, 0.25) is 0 Å². The van der Waals surface area contributed by atoms with Gasteiger partial charge in [0, 0.05) is 30.1 Å². The van der Waals surface area contributed by atoms with Gasteiger partial charge in [-0.2, -0.15) is 11.8 Å². The number of nitrogens with zero attached hydrogens (tertiary/aromatic N) is 1. The van der Waals surface area contributed by atoms with Gasteiger partial charge in [-0.25, -0.2) is 0 Å². The Morgan fingerprint density at radius 2 is 2.36 bits per heavy atom. The highest BCUT2D eigenvalue weighted by Crippen LogP contribution is 2.21. The molecule has 1 saturated heterocycles. The summed E-state index contributed by atoms with van der Waals surface area (Å²) in [7, 11) is 0. The average molecular weight is 216 g/mol. The maximum absolute atomic E-state index is 5.74. The van der Waals surface area contributed by atoms with Crippen LogP contribution < -0.4 is 5.73 Å². The topological polar surface area (TPSA) is 29.3 Å². The molecule has 0 amide bonds. The van der Waals surface area contributed by atoms with Gasteiger partial charge in [0.05, 0.1) is 0 Å². The molecule has 0 spiro atoms. The Bertz CT molecular complexity index is 150. The third kappa shape index (κ3) is 4.67. The van der Waals surface area contributed by atoms with Crippen molar-refractivity contribution in [2.45, 2.75) is 44.4 Å². The molecule has 0 saturated carbocycles. The van der Waals surface area contributed by atoms with Gasteiger partial charge >= 0.3 is 0 Å². The van der Waals surface area contributed by atoms with Crippen LogP contribution in [0.25, 0.3) is 0 Å². The summed E-state index contributed by atoms with van der Waals surface area (Å²) in [6, 6.07) is 0.371. The predicted molar refractivity (Wildman–Crippen MR) is 65.9 cm³/mol. The van der Waals surface area contributed by atoms with Gasteiger partial charge in [0.25, 0.3) is 0 Å². The van der Waals surface area contributed by atoms with E-state index in [9.17, 15) is 0 Å². The fourth-order valence-electron chi connectivity index (χ4n) is 1.87. The molecule has 14 heavy (non-hydrogen) atoms. The van der Waals surface area contributed by atoms with Crippen molar-refractivity contribution in [3.63, 3.8) is 0 Å². The molecule has 3 heteroatoms. The first kappa shape index (κ1) is 12.3. The number of rotatable bonds is 5. The molecule has 1 fully saturated rings. The van der Waals surface area contributed by atoms with Crippen LogP contribution >= 0.6 is 11.8 Å². The van der Waals surface area contributed by atoms with Crippen molar-refractivity contribution in [3.05, 3.63) is 0 Å². The second kappa shape index (κ2) is 6.70. The van der Waals surface area contributed by atoms with Crippen LogP contribution in [-0.4, -0.2) is 41.6 Å². The summed E-state index contributed by atoms with van der Waals surface area (Å²) in [5, 5.41) is 0.874. The molecule has 2 unspecified atom stereocenters. The zero-order chi connectivity index (χ0) is 10.4. The highest BCUT2D eigenvalue weighted by molar-refractivity contribution is 8.00. The van der Waals surface area contributed by atoms with Gasteiger partial charge in [0.15, 0.2) is 0 Å². The highest BCUT2D eigenvalue weighted by atomic mass is 32.2. The van der Waals surface area contributed by atoms with Crippen LogP contribution in [0.2, 0.25) is 0 Å². The molecule has 2 N–H and O–H groups in total. The molecule has 1 aliphatic heterocycles. The lowest BCUT2D eigenvalue weighted by atomic mass is 10.2. The normalized spacial score (nSPS) is 26.4. The average Bonchev–Trinajstić information content (AvgIpc) is 2.18. The van der Waals surface area contributed by atoms with E-state index in [2.05, 4.69) is 30.5 Å². The first-order valence-corrected chi connectivity index (χ1v) is 6.86. The molecule has 1 aliphatic rings. The monoisotopic (exact) mass is 216 g/mol. The lowest BCUT2D eigenvalue weighted by molar-refractivity contribution is 0.273. The minimum Gasteiger partial charge on any atom is -0.328 e. The van der Waals surface area contributed by atoms with Gasteiger partial charge in [-0.1, -0.05) is 6.92 Å². The SMILES string of the molecule is CCC1CN(CCCC(C)N)CCS1. The summed E-state index contributed by atoms with van der Waals surface area (Å²) in [5.74, 6) is 1.32. The van der Waals surface area contributed by atoms with Crippen molar-refractivity contribution in [2.75, 3.05) is 25.4 Å². The fourth-order valence-corrected chi connectivity index (χ4v) is 3.12. The van der Waals surface area contributed by atoms with Crippen molar-refractivity contribution in [1.82, 2.24) is 4.90 Å². The summed E-state index contributed by atoms with van der Waals surface area (Å²) in [6.07, 6.45) is 3.74. The molecule has 1 rings (SSSR count). The molecule has 0 bridgehead atoms. The van der Waals surface area contributed by atoms with E-state index in [-0.39, 0.29) is 0 Å². The van der Waals surface area contributed by atoms with Gasteiger partial charge in [0.1, 0.15) is 0 Å². The predicted octanol–water partition coefficient (Wildman–Crippen LogP) is 1.94. The minimum atomic E-state index is 0.371. The Kier molecular flexibility index (Phi) is 5.90. The van der Waals surface area contributed by atoms with Crippen LogP contribution in [-0.2, 0) is 0 Å². The molecular formula is C11H24N2S. The number of nitrogens with two attached hydrogens (primary N) is 1. The maximum atomic E-state index is 5.74. The molecular weight excluding hydrogens is 192 g/mol. The smallest absolute Gasteiger partial charge is 0.0172 e. The van der Waals surface area contributed by atoms with Gasteiger partial charge in [-0.3, -0.25) is 0 Å². The van der Waals surface area contributed by atoms with Crippen molar-refractivity contribution >= 4 is 11.8 Å². The number of thioether (sulfide) groups is 1. The van der Waals surface area contributed by atoms with Crippen molar-refractivity contribution in [3.8, 4) is 0 Å². The molecule has 2 atom stereocenters. The summed E-state index contributed by atoms with van der Waals surface area (Å²) in [5.41, 5.74) is 5.74. The number of hydrogen-bond acceptors (Lipinski definition) is 3. The Morgan fingerprint density at radius 3 is 3.00 bits per heavy atom. The third-order valence-corrected chi connectivity index (χ3v) is 4.18. The molecule has 0 radical (unpaired) electrons. The Morgan fingerprint density at radius 1 is 1.57 bits per heavy atom. The van der Waals surface area contributed by atoms with Gasteiger partial charge in [-0.05, 0) is 32.7 Å². The minimum absolute atomic E-state index is 0.371. The first-order valence-electron chi connectivity index (χ1n) is 5.82. The van der Waals surface area contributed by atoms with Crippen LogP contribution in [0.5, 0.6) is 0 Å². The van der Waals surface area contributed by atoms with E-state index in [0.29, 0.717) is 6.04 Å². The Labute approximate surface area is 92.6 Å². The van der Waals surface area contributed by atoms with E-state index in [0.717, 1.165) is 5.25 Å². The van der Waals surface area contributed by atoms with E-state index >= 15 is 0 Å². The van der Waals surface area contributed by atoms with E-state index < -0.39 is 0 Å². The second-order valence-electron chi connectivity index (χ2n) is 4.32. The Balaban J connectivity index is 2.11. The van der Waals surface area contributed by atoms with Crippen molar-refractivity contribution in [2.24, 2.45) is 5.73 Å². The molecule has 1 heterocycles. The summed E-state index contributed by atoms with van der Waals surface area (Å²) in [4.78, 5) is 2.60. The number of hydrogen-bond donors (Lipinski definition) is 1. The molecule has 0 aromatic heterocycles. The Hall–Kier alpha value is 0.270. The van der Waals surface area contributed by atoms with E-state index in [1.807, 2.05) is 0 Å². The standard InChI is InChI=1S/C11H24N2S/c1-3-11-9-13(7-8-14-11)6-4-5-10(2)12/h10-11H,3-9,12H2,1-2H3. The summed E-state index contributed by atoms with van der Waals surface area (Å²) < 4.78 is 0. The third-order valence-electron chi connectivity index (χ3n) is 2.81. The van der Waals surface area contributed by atoms with E-state index in [4.69, 9.17) is 5.73 Å². The van der Waals surface area contributed by atoms with E-state index in [1.165, 1.54) is 44.6 Å². The summed E-state index contributed by atoms with van der Waals surface area (Å²) in [6.45, 7) is 8.21. The van der Waals surface area contributed by atoms with E-state index in [1.54, 1.807) is 0 Å². The van der Waals surface area contributed by atoms with Crippen molar-refractivity contribution in [1.29, 1.82) is 0 Å². The van der Waals surface area contributed by atoms with Crippen LogP contribution in [0.4, 0.5) is 0 Å². The van der Waals surface area contributed by atoms with Gasteiger partial charge in [-0.15, -0.1) is 0 Å². The van der Waals surface area contributed by atoms with Crippen LogP contribution in [0.1, 0.15) is 33.1 Å². The van der Waals surface area contributed by atoms with Crippen LogP contribution in [0, 0.1) is 0 Å². The second-order valence-corrected chi connectivity index (χ2v) is 5.73. The molecule has 2 nitrogen and oxygen atoms in total. The lowest BCUT2D eigenvalue weighted by Crippen LogP contribution is -2.38. The van der Waals surface area contributed by atoms with Crippen molar-refractivity contribution < 1.29 is 0 Å². The summed E-state index contributed by atoms with van der Waals surface area (Å²) >= 11 is 2.14. The zero-order valence-corrected chi connectivity index (χ0v) is 10.4. The molecule has 84 valence electrons. The van der Waals surface area contributed by atoms with Crippen LogP contribution in [0.3, 0.4) is 0 Å². The fraction of sp³-hybridized carbons (Fsp3) is 1.00. The largest absolute Gasteiger partial charge is 0.328 e. The lowest BCUT2D eigenvalue weighted by Gasteiger charge is -2.31. The highest BCUT2D eigenvalue weighted by Gasteiger charge is 2.17. The first-order chi connectivity index (χ1) is 6.72. The zero-order valence-electron chi connectivity index (χ0n) is 9.54. The maximum Gasteiger partial charge on any atom is 0.0172 e. The quantitative estimate of drug-likeness (QED) is 0.761. The van der Waals surface area contributed by atoms with Crippen LogP contribution in [0.15, 0.2) is 0 Å². The molecule has 0 aliphatic carbocycles. The van der Waals surface area contributed by atoms with Gasteiger partial charge < -0.3 is 10.6 Å². The molecule has 0 aromatic rings. The molecule has 0 aromatic carbocycles.